The molecule has 2 aromatic rings. The third-order valence-electron chi connectivity index (χ3n) is 22.0. The van der Waals surface area contributed by atoms with Crippen molar-refractivity contribution >= 4 is 82.5 Å². The van der Waals surface area contributed by atoms with Crippen LogP contribution in [0.1, 0.15) is 160 Å². The summed E-state index contributed by atoms with van der Waals surface area (Å²) in [7, 11) is 9.87. The van der Waals surface area contributed by atoms with Gasteiger partial charge in [-0.2, -0.15) is 13.2 Å². The number of nitrogens with zero attached hydrogens (tertiary/aromatic N) is 9. The lowest BCUT2D eigenvalue weighted by atomic mass is 9.90. The van der Waals surface area contributed by atoms with Gasteiger partial charge >= 0.3 is 6.18 Å². The first kappa shape index (κ1) is 83.4. The molecule has 0 radical (unpaired) electrons. The van der Waals surface area contributed by atoms with E-state index in [1.54, 1.807) is 13.8 Å². The molecule has 576 valence electrons. The minimum Gasteiger partial charge on any atom is -0.378 e. The van der Waals surface area contributed by atoms with E-state index in [0.717, 1.165) is 40.3 Å². The summed E-state index contributed by atoms with van der Waals surface area (Å²) < 4.78 is 47.4. The molecule has 0 aromatic heterocycles. The monoisotopic (exact) mass is 1480 g/mol. The lowest BCUT2D eigenvalue weighted by Gasteiger charge is -2.42. The van der Waals surface area contributed by atoms with Crippen LogP contribution in [0.15, 0.2) is 42.5 Å². The van der Waals surface area contributed by atoms with Crippen LogP contribution in [0.5, 0.6) is 0 Å². The molecule has 2 aromatic carbocycles. The number of carbonyl (C=O) groups is 12. The Balaban J connectivity index is 1.32. The molecule has 104 heavy (non-hydrogen) atoms. The maximum atomic E-state index is 15.7. The number of aryl methyl sites for hydroxylation is 2. The van der Waals surface area contributed by atoms with Gasteiger partial charge in [-0.3, -0.25) is 57.5 Å². The smallest absolute Gasteiger partial charge is 0.378 e. The van der Waals surface area contributed by atoms with Crippen molar-refractivity contribution in [2.75, 3.05) is 95.3 Å². The van der Waals surface area contributed by atoms with Gasteiger partial charge in [0.25, 0.3) is 0 Å². The molecule has 0 unspecified atom stereocenters. The number of alkyl halides is 3. The predicted molar refractivity (Wildman–Crippen MR) is 383 cm³/mol. The topological polar surface area (TPSA) is 279 Å². The number of benzene rings is 2. The van der Waals surface area contributed by atoms with Gasteiger partial charge in [0.05, 0.1) is 43.3 Å². The van der Waals surface area contributed by atoms with Crippen LogP contribution in [0.25, 0.3) is 0 Å². The minimum absolute atomic E-state index is 0.0261. The maximum absolute atomic E-state index is 15.7. The number of nitrogens with one attached hydrogen (secondary N) is 3. The molecule has 25 nitrogen and oxygen atoms in total. The van der Waals surface area contributed by atoms with Crippen LogP contribution >= 0.6 is 11.6 Å². The Morgan fingerprint density at radius 2 is 1.26 bits per heavy atom. The summed E-state index contributed by atoms with van der Waals surface area (Å²) in [4.78, 5) is 193. The van der Waals surface area contributed by atoms with E-state index < -0.39 is 173 Å². The summed E-state index contributed by atoms with van der Waals surface area (Å²) in [5.41, 5.74) is -0.846. The lowest BCUT2D eigenvalue weighted by Crippen LogP contribution is -2.65. The van der Waals surface area contributed by atoms with Gasteiger partial charge in [-0.1, -0.05) is 114 Å². The molecule has 5 aliphatic rings. The minimum atomic E-state index is -4.78. The summed E-state index contributed by atoms with van der Waals surface area (Å²) in [5, 5.41) is 8.09. The van der Waals surface area contributed by atoms with Crippen molar-refractivity contribution in [3.63, 3.8) is 0 Å². The van der Waals surface area contributed by atoms with Gasteiger partial charge in [0.2, 0.25) is 70.9 Å². The second-order valence-corrected chi connectivity index (χ2v) is 30.2. The van der Waals surface area contributed by atoms with Crippen LogP contribution in [0.2, 0.25) is 5.02 Å². The van der Waals surface area contributed by atoms with Crippen LogP contribution in [-0.2, 0) is 81.3 Å². The molecule has 9 atom stereocenters. The number of hydrogen-bond donors (Lipinski definition) is 3. The number of ether oxygens (including phenoxy) is 1. The Hall–Kier alpha value is -7.88. The van der Waals surface area contributed by atoms with Crippen LogP contribution < -0.4 is 16.0 Å². The van der Waals surface area contributed by atoms with E-state index in [0.29, 0.717) is 50.5 Å². The number of halogens is 4. The number of carbonyl (C=O) groups excluding carboxylic acids is 12. The molecule has 3 aliphatic heterocycles. The molecule has 3 saturated heterocycles. The van der Waals surface area contributed by atoms with Crippen molar-refractivity contribution in [3.05, 3.63) is 69.7 Å². The fraction of sp³-hybridized carbons (Fsp3) is 0.680. The molecule has 12 amide bonds. The first-order valence-electron chi connectivity index (χ1n) is 36.9. The molecular formula is C75H110ClF3N12O13. The van der Waals surface area contributed by atoms with Crippen molar-refractivity contribution in [3.8, 4) is 0 Å². The number of hydrogen-bond acceptors (Lipinski definition) is 13. The normalized spacial score (nSPS) is 26.0. The van der Waals surface area contributed by atoms with Gasteiger partial charge in [0.1, 0.15) is 53.9 Å². The fourth-order valence-corrected chi connectivity index (χ4v) is 15.6. The standard InChI is InChI=1S/C75H110ClF3N12O13/c1-14-48(6)63-71(101)84(8)45-62(94)85(9)56-24-18-21-35-91(70(56)100)59(42-50-27-25-47(5)26-28-50)68(98)83(7)44-60(92)80-54(32-30-49-29-31-52(53(76)41-49)75(77,78)79)67(97)87(11)55(15-2)66(96)82-74(33-19-20-34-74)73(103)89(13)64(51-22-16-17-23-51)72(102)88(12)58(69(99)90-36-38-104-39-37-90)43-61(93)86(10)57(40-46(3)4)65(95)81-63/h25-29,31,41,46,48,51,54-59,63-64H,14-24,30,32-40,42-45H2,1-13H3,(H,80,92)(H,81,95)(H,82,96)/t48-,54-,55-,56-,57-,58-,59-,63-,64-/m0/s1. The third kappa shape index (κ3) is 20.4. The van der Waals surface area contributed by atoms with E-state index >= 15 is 38.4 Å². The van der Waals surface area contributed by atoms with Crippen LogP contribution in [0.4, 0.5) is 13.2 Å². The second-order valence-electron chi connectivity index (χ2n) is 29.8. The fourth-order valence-electron chi connectivity index (χ4n) is 15.3. The van der Waals surface area contributed by atoms with E-state index in [-0.39, 0.29) is 95.7 Å². The van der Waals surface area contributed by atoms with E-state index in [2.05, 4.69) is 16.0 Å². The summed E-state index contributed by atoms with van der Waals surface area (Å²) in [6.07, 6.45) is -0.525. The largest absolute Gasteiger partial charge is 0.417 e. The lowest BCUT2D eigenvalue weighted by molar-refractivity contribution is -0.157. The van der Waals surface area contributed by atoms with Crippen molar-refractivity contribution in [2.24, 2.45) is 17.8 Å². The maximum Gasteiger partial charge on any atom is 0.417 e. The van der Waals surface area contributed by atoms with Crippen LogP contribution in [0, 0.1) is 24.7 Å². The average Bonchev–Trinajstić information content (AvgIpc) is 1.50. The highest BCUT2D eigenvalue weighted by Crippen LogP contribution is 2.38. The Morgan fingerprint density at radius 3 is 1.86 bits per heavy atom. The van der Waals surface area contributed by atoms with Crippen molar-refractivity contribution in [1.82, 2.24) is 60.0 Å². The molecular weight excluding hydrogens is 1370 g/mol. The zero-order valence-corrected chi connectivity index (χ0v) is 63.7. The Kier molecular flexibility index (Phi) is 29.6. The van der Waals surface area contributed by atoms with E-state index in [1.165, 1.54) is 89.7 Å². The molecule has 2 saturated carbocycles. The molecule has 1 spiro atoms. The van der Waals surface area contributed by atoms with E-state index in [4.69, 9.17) is 16.3 Å². The van der Waals surface area contributed by atoms with Crippen LogP contribution in [0.3, 0.4) is 0 Å². The van der Waals surface area contributed by atoms with Crippen LogP contribution in [-0.4, -0.2) is 264 Å². The molecule has 3 heterocycles. The van der Waals surface area contributed by atoms with Crippen molar-refractivity contribution in [1.29, 1.82) is 0 Å². The molecule has 3 N–H and O–H groups in total. The van der Waals surface area contributed by atoms with Gasteiger partial charge in [-0.15, -0.1) is 0 Å². The Labute approximate surface area is 615 Å². The van der Waals surface area contributed by atoms with Crippen molar-refractivity contribution < 1.29 is 75.4 Å². The number of fused-ring (bicyclic) bond motifs is 2. The van der Waals surface area contributed by atoms with Gasteiger partial charge in [-0.05, 0) is 119 Å². The number of amides is 12. The molecule has 2 bridgehead atoms. The second kappa shape index (κ2) is 36.9. The number of morpholine rings is 1. The summed E-state index contributed by atoms with van der Waals surface area (Å²) in [6, 6.07) is 0.112. The highest BCUT2D eigenvalue weighted by atomic mass is 35.5. The molecule has 29 heteroatoms. The SMILES string of the molecule is CC[C@H](C)[C@@H]1NC(=O)[C@H](CC(C)C)N(C)C(=O)C[C@@H](C(=O)N2CCOCC2)N(C)C(=O)[C@H](C2CCCC2)N(C)C(=O)C2(CCCC2)NC(=O)[C@H](CC)N(C)C(=O)[C@H](CCc2ccc(C(F)(F)F)c(Cl)c2)NC(=O)CN(C)C(=O)[C@H](Cc2ccc(C)cc2)N2CCCC[C@@H](C2=O)N(C)C(=O)CN(C)C1=O. The highest BCUT2D eigenvalue weighted by Gasteiger charge is 2.51. The third-order valence-corrected chi connectivity index (χ3v) is 22.3. The van der Waals surface area contributed by atoms with Gasteiger partial charge in [0.15, 0.2) is 0 Å². The zero-order chi connectivity index (χ0) is 76.8. The predicted octanol–water partition coefficient (Wildman–Crippen LogP) is 5.63. The van der Waals surface area contributed by atoms with E-state index in [9.17, 15) is 32.3 Å². The first-order valence-corrected chi connectivity index (χ1v) is 37.3. The molecule has 5 fully saturated rings. The summed E-state index contributed by atoms with van der Waals surface area (Å²) in [5.74, 6) is -9.25. The quantitative estimate of drug-likeness (QED) is 0.233. The van der Waals surface area contributed by atoms with Gasteiger partial charge < -0.3 is 64.8 Å². The Bertz CT molecular complexity index is 3420. The average molecular weight is 1480 g/mol. The van der Waals surface area contributed by atoms with Crippen molar-refractivity contribution in [2.45, 2.75) is 217 Å². The first-order chi connectivity index (χ1) is 49.0. The van der Waals surface area contributed by atoms with E-state index in [1.807, 2.05) is 52.0 Å². The van der Waals surface area contributed by atoms with Gasteiger partial charge in [0, 0.05) is 75.4 Å². The molecule has 7 rings (SSSR count). The number of rotatable bonds is 12. The Morgan fingerprint density at radius 1 is 0.644 bits per heavy atom. The molecule has 2 aliphatic carbocycles. The summed E-state index contributed by atoms with van der Waals surface area (Å²) in [6.45, 7) is 10.4. The highest BCUT2D eigenvalue weighted by molar-refractivity contribution is 6.31. The number of likely N-dealkylation sites (N-methyl/N-ethyl adjacent to an activating group) is 7. The summed E-state index contributed by atoms with van der Waals surface area (Å²) >= 11 is 6.17. The zero-order valence-electron chi connectivity index (χ0n) is 62.9. The van der Waals surface area contributed by atoms with Gasteiger partial charge in [-0.25, -0.2) is 0 Å².